The van der Waals surface area contributed by atoms with E-state index in [1.165, 1.54) is 7.11 Å². The third-order valence-electron chi connectivity index (χ3n) is 5.60. The van der Waals surface area contributed by atoms with Gasteiger partial charge in [-0.15, -0.1) is 0 Å². The monoisotopic (exact) mass is 499 g/mol. The number of aliphatic hydroxyl groups excluding tert-OH is 2. The van der Waals surface area contributed by atoms with Gasteiger partial charge in [0.1, 0.15) is 11.9 Å². The second-order valence-electron chi connectivity index (χ2n) is 7.83. The molecule has 0 aliphatic heterocycles. The Morgan fingerprint density at radius 3 is 2.51 bits per heavy atom. The van der Waals surface area contributed by atoms with Gasteiger partial charge in [-0.2, -0.15) is 0 Å². The quantitative estimate of drug-likeness (QED) is 0.241. The van der Waals surface area contributed by atoms with E-state index in [-0.39, 0.29) is 5.69 Å². The minimum absolute atomic E-state index is 0.271. The third-order valence-corrected chi connectivity index (χ3v) is 6.00. The molecule has 0 saturated heterocycles. The molecule has 2 atom stereocenters. The topological polar surface area (TPSA) is 97.8 Å². The van der Waals surface area contributed by atoms with E-state index in [1.54, 1.807) is 54.6 Å². The molecule has 1 aromatic heterocycles. The molecule has 4 rings (SSSR count). The average molecular weight is 500 g/mol. The molecule has 10 heteroatoms. The molecule has 0 bridgehead atoms. The highest BCUT2D eigenvalue weighted by atomic mass is 32.1. The van der Waals surface area contributed by atoms with Crippen LogP contribution in [0.2, 0.25) is 0 Å². The Hall–Kier alpha value is -3.60. The Bertz CT molecular complexity index is 1310. The average Bonchev–Trinajstić information content (AvgIpc) is 3.29. The molecule has 0 spiro atoms. The zero-order valence-electron chi connectivity index (χ0n) is 18.6. The Morgan fingerprint density at radius 2 is 1.83 bits per heavy atom. The molecule has 0 aliphatic rings. The number of anilines is 1. The molecule has 3 aromatic carbocycles. The summed E-state index contributed by atoms with van der Waals surface area (Å²) in [4.78, 5) is 16.0. The van der Waals surface area contributed by atoms with Gasteiger partial charge in [-0.25, -0.2) is 17.9 Å². The van der Waals surface area contributed by atoms with Crippen LogP contribution < -0.4 is 14.4 Å². The molecule has 4 aromatic rings. The molecular formula is C25H23F2N3O4S. The maximum absolute atomic E-state index is 13.6. The highest BCUT2D eigenvalue weighted by Gasteiger charge is 2.26. The van der Waals surface area contributed by atoms with E-state index in [9.17, 15) is 23.8 Å². The fourth-order valence-electron chi connectivity index (χ4n) is 3.74. The predicted molar refractivity (Wildman–Crippen MR) is 132 cm³/mol. The van der Waals surface area contributed by atoms with Crippen molar-refractivity contribution in [3.63, 3.8) is 0 Å². The van der Waals surface area contributed by atoms with E-state index in [4.69, 9.17) is 4.74 Å². The van der Waals surface area contributed by atoms with E-state index in [0.29, 0.717) is 33.5 Å². The van der Waals surface area contributed by atoms with E-state index < -0.39 is 36.4 Å². The van der Waals surface area contributed by atoms with Crippen molar-refractivity contribution in [2.45, 2.75) is 12.1 Å². The molecule has 0 saturated carbocycles. The zero-order chi connectivity index (χ0) is 25.1. The molecule has 1 heterocycles. The third kappa shape index (κ3) is 5.09. The number of ether oxygens (including phenoxy) is 1. The smallest absolute Gasteiger partial charge is 0.332 e. The molecule has 7 nitrogen and oxygen atoms in total. The lowest BCUT2D eigenvalue weighted by Gasteiger charge is -2.26. The van der Waals surface area contributed by atoms with Crippen molar-refractivity contribution in [2.75, 3.05) is 18.0 Å². The number of amides is 2. The number of carbonyl (C=O) groups excluding carboxylic acids is 1. The lowest BCUT2D eigenvalue weighted by molar-refractivity contribution is 0.0947. The van der Waals surface area contributed by atoms with Gasteiger partial charge < -0.3 is 25.3 Å². The van der Waals surface area contributed by atoms with Gasteiger partial charge in [0, 0.05) is 28.2 Å². The van der Waals surface area contributed by atoms with Gasteiger partial charge >= 0.3 is 6.03 Å². The maximum atomic E-state index is 13.6. The highest BCUT2D eigenvalue weighted by Crippen LogP contribution is 2.35. The summed E-state index contributed by atoms with van der Waals surface area (Å²) in [5.74, 6) is -1.58. The number of hydrogen-bond acceptors (Lipinski definition) is 5. The van der Waals surface area contributed by atoms with Gasteiger partial charge in [-0.05, 0) is 35.9 Å². The molecule has 2 amide bonds. The predicted octanol–water partition coefficient (Wildman–Crippen LogP) is 4.58. The first-order chi connectivity index (χ1) is 16.8. The number of H-pyrrole nitrogens is 1. The summed E-state index contributed by atoms with van der Waals surface area (Å²) in [7, 11) is 1.43. The number of hydrogen-bond donors (Lipinski definition) is 5. The maximum Gasteiger partial charge on any atom is 0.332 e. The van der Waals surface area contributed by atoms with E-state index in [1.807, 2.05) is 0 Å². The van der Waals surface area contributed by atoms with E-state index >= 15 is 0 Å². The highest BCUT2D eigenvalue weighted by molar-refractivity contribution is 7.82. The summed E-state index contributed by atoms with van der Waals surface area (Å²) >= 11 is 4.31. The van der Waals surface area contributed by atoms with Gasteiger partial charge in [0.25, 0.3) is 0 Å². The van der Waals surface area contributed by atoms with Crippen LogP contribution in [0.25, 0.3) is 22.2 Å². The fourth-order valence-corrected chi connectivity index (χ4v) is 3.96. The van der Waals surface area contributed by atoms with Crippen molar-refractivity contribution in [1.82, 2.24) is 10.3 Å². The first-order valence-corrected chi connectivity index (χ1v) is 11.0. The van der Waals surface area contributed by atoms with Gasteiger partial charge in [-0.1, -0.05) is 43.1 Å². The lowest BCUT2D eigenvalue weighted by Crippen LogP contribution is -2.46. The Kier molecular flexibility index (Phi) is 7.25. The van der Waals surface area contributed by atoms with Crippen molar-refractivity contribution < 1.29 is 28.5 Å². The van der Waals surface area contributed by atoms with Crippen LogP contribution in [0.3, 0.4) is 0 Å². The van der Waals surface area contributed by atoms with Crippen LogP contribution in [0.5, 0.6) is 5.75 Å². The molecule has 182 valence electrons. The number of nitrogens with one attached hydrogen (secondary N) is 2. The lowest BCUT2D eigenvalue weighted by atomic mass is 10.0. The molecule has 0 radical (unpaired) electrons. The number of carbonyl (C=O) groups is 1. The molecule has 0 unspecified atom stereocenters. The molecule has 4 N–H and O–H groups in total. The van der Waals surface area contributed by atoms with Crippen molar-refractivity contribution in [3.8, 4) is 17.0 Å². The Labute approximate surface area is 205 Å². The van der Waals surface area contributed by atoms with Gasteiger partial charge in [0.05, 0.1) is 25.4 Å². The van der Waals surface area contributed by atoms with Crippen molar-refractivity contribution >= 4 is 35.4 Å². The second-order valence-corrected chi connectivity index (χ2v) is 8.23. The molecule has 0 fully saturated rings. The van der Waals surface area contributed by atoms with Crippen LogP contribution in [-0.2, 0) is 0 Å². The van der Waals surface area contributed by atoms with E-state index in [0.717, 1.165) is 16.4 Å². The minimum atomic E-state index is -1.15. The number of benzene rings is 3. The van der Waals surface area contributed by atoms with Crippen LogP contribution in [0.4, 0.5) is 19.3 Å². The zero-order valence-corrected chi connectivity index (χ0v) is 19.5. The van der Waals surface area contributed by atoms with Crippen molar-refractivity contribution in [3.05, 3.63) is 83.9 Å². The summed E-state index contributed by atoms with van der Waals surface area (Å²) in [6, 6.07) is 15.7. The van der Waals surface area contributed by atoms with Crippen LogP contribution in [-0.4, -0.2) is 41.0 Å². The van der Waals surface area contributed by atoms with Gasteiger partial charge in [0.2, 0.25) is 0 Å². The summed E-state index contributed by atoms with van der Waals surface area (Å²) in [5, 5.41) is 23.4. The summed E-state index contributed by atoms with van der Waals surface area (Å²) in [6.07, 6.45) is -1.15. The van der Waals surface area contributed by atoms with Crippen LogP contribution in [0.15, 0.2) is 66.7 Å². The van der Waals surface area contributed by atoms with Gasteiger partial charge in [-0.3, -0.25) is 0 Å². The number of aromatic nitrogens is 1. The normalized spacial score (nSPS) is 12.9. The molecule has 35 heavy (non-hydrogen) atoms. The number of fused-ring (bicyclic) bond motifs is 1. The van der Waals surface area contributed by atoms with Crippen molar-refractivity contribution in [2.24, 2.45) is 0 Å². The summed E-state index contributed by atoms with van der Waals surface area (Å²) in [5.41, 5.74) is 2.38. The second kappa shape index (κ2) is 10.3. The summed E-state index contributed by atoms with van der Waals surface area (Å²) < 4.78 is 33.6. The standard InChI is InChI=1S/C25H23F2N3O4S/c1-34-23-8-7-15(19-10-16-9-17(26)18(27)12-20(16)28-19)11-22(23)30(35)25(33)29-21(13-31)24(32)14-5-3-2-4-6-14/h2-12,21,24,28,31-32,35H,13H2,1H3,(H,29,33)/t21-,24+/m0/s1. The Balaban J connectivity index is 1.61. The number of urea groups is 1. The number of aliphatic hydroxyl groups is 2. The first-order valence-electron chi connectivity index (χ1n) is 10.6. The largest absolute Gasteiger partial charge is 0.495 e. The minimum Gasteiger partial charge on any atom is -0.495 e. The van der Waals surface area contributed by atoms with E-state index in [2.05, 4.69) is 23.1 Å². The molecular weight excluding hydrogens is 476 g/mol. The van der Waals surface area contributed by atoms with Crippen molar-refractivity contribution in [1.29, 1.82) is 0 Å². The first kappa shape index (κ1) is 24.5. The number of halogens is 2. The number of methoxy groups -OCH3 is 1. The van der Waals surface area contributed by atoms with Gasteiger partial charge in [0.15, 0.2) is 11.6 Å². The number of thiol groups is 1. The van der Waals surface area contributed by atoms with Crippen LogP contribution in [0.1, 0.15) is 11.7 Å². The SMILES string of the molecule is COc1ccc(-c2cc3cc(F)c(F)cc3[nH]2)cc1N(S)C(=O)N[C@@H](CO)[C@H](O)c1ccccc1. The molecule has 0 aliphatic carbocycles. The number of nitrogens with zero attached hydrogens (tertiary/aromatic N) is 1. The fraction of sp³-hybridized carbons (Fsp3) is 0.160. The number of aromatic amines is 1. The van der Waals surface area contributed by atoms with Crippen LogP contribution in [0, 0.1) is 11.6 Å². The van der Waals surface area contributed by atoms with Crippen LogP contribution >= 0.6 is 12.8 Å². The Morgan fingerprint density at radius 1 is 1.11 bits per heavy atom. The number of rotatable bonds is 7. The summed E-state index contributed by atoms with van der Waals surface area (Å²) in [6.45, 7) is -0.511.